The molecule has 1 aliphatic heterocycles. The smallest absolute Gasteiger partial charge is 0.462 e. The average molecular weight is 513 g/mol. The van der Waals surface area contributed by atoms with Gasteiger partial charge in [-0.1, -0.05) is 11.6 Å². The summed E-state index contributed by atoms with van der Waals surface area (Å²) in [5.41, 5.74) is 0.796. The lowest BCUT2D eigenvalue weighted by atomic mass is 10.1. The minimum atomic E-state index is -3.79. The first kappa shape index (κ1) is 23.3. The zero-order valence-electron chi connectivity index (χ0n) is 18.5. The number of hydrogen-bond donors (Lipinski definition) is 0. The number of nitrogens with zero attached hydrogens (tertiary/aromatic N) is 4. The van der Waals surface area contributed by atoms with Crippen molar-refractivity contribution in [3.63, 3.8) is 0 Å². The highest BCUT2D eigenvalue weighted by Crippen LogP contribution is 2.42. The first-order valence-corrected chi connectivity index (χ1v) is 11.0. The van der Waals surface area contributed by atoms with Crippen LogP contribution in [0.4, 0.5) is 14.5 Å². The highest BCUT2D eigenvalue weighted by molar-refractivity contribution is 6.31. The molecule has 0 saturated heterocycles. The summed E-state index contributed by atoms with van der Waals surface area (Å²) in [5.74, 6) is -0.899. The first-order chi connectivity index (χ1) is 17.2. The van der Waals surface area contributed by atoms with Gasteiger partial charge in [0.1, 0.15) is 12.2 Å². The summed E-state index contributed by atoms with van der Waals surface area (Å²) >= 11 is 6.14. The van der Waals surface area contributed by atoms with Crippen molar-refractivity contribution >= 4 is 34.2 Å². The number of anilines is 1. The predicted octanol–water partition coefficient (Wildman–Crippen LogP) is 4.56. The van der Waals surface area contributed by atoms with Gasteiger partial charge in [-0.2, -0.15) is 10.4 Å². The van der Waals surface area contributed by atoms with Gasteiger partial charge in [0, 0.05) is 28.9 Å². The number of amides is 1. The number of benzene rings is 2. The topological polar surface area (TPSA) is 111 Å². The van der Waals surface area contributed by atoms with Crippen molar-refractivity contribution in [2.45, 2.75) is 19.8 Å². The number of likely N-dealkylation sites (N-methyl/N-ethyl adjacent to an activating group) is 1. The first-order valence-electron chi connectivity index (χ1n) is 10.6. The van der Waals surface area contributed by atoms with E-state index in [1.165, 1.54) is 47.6 Å². The van der Waals surface area contributed by atoms with Gasteiger partial charge in [0.15, 0.2) is 17.1 Å². The molecule has 4 aromatic rings. The van der Waals surface area contributed by atoms with Crippen LogP contribution in [0.15, 0.2) is 57.9 Å². The summed E-state index contributed by atoms with van der Waals surface area (Å²) in [6.45, 7) is 1.40. The van der Waals surface area contributed by atoms with Crippen molar-refractivity contribution in [1.29, 1.82) is 5.26 Å². The quantitative estimate of drug-likeness (QED) is 0.385. The lowest BCUT2D eigenvalue weighted by Crippen LogP contribution is -2.37. The molecule has 1 amide bonds. The van der Waals surface area contributed by atoms with Crippen LogP contribution in [0, 0.1) is 11.3 Å². The molecule has 3 heterocycles. The number of rotatable bonds is 5. The maximum atomic E-state index is 13.4. The number of aromatic nitrogens is 2. The summed E-state index contributed by atoms with van der Waals surface area (Å²) in [6, 6.07) is 12.0. The molecule has 5 rings (SSSR count). The summed E-state index contributed by atoms with van der Waals surface area (Å²) in [7, 11) is 0. The molecular weight excluding hydrogens is 498 g/mol. The van der Waals surface area contributed by atoms with E-state index in [1.54, 1.807) is 13.0 Å². The van der Waals surface area contributed by atoms with Gasteiger partial charge in [-0.25, -0.2) is 4.68 Å². The second kappa shape index (κ2) is 8.66. The Morgan fingerprint density at radius 2 is 1.97 bits per heavy atom. The van der Waals surface area contributed by atoms with Crippen LogP contribution in [-0.4, -0.2) is 28.5 Å². The van der Waals surface area contributed by atoms with Crippen molar-refractivity contribution in [1.82, 2.24) is 9.78 Å². The number of hydrogen-bond acceptors (Lipinski definition) is 7. The molecule has 0 spiro atoms. The van der Waals surface area contributed by atoms with Crippen molar-refractivity contribution in [2.24, 2.45) is 0 Å². The number of nitriles is 1. The normalized spacial score (nSPS) is 13.5. The SMILES string of the molecule is CCN(C(=O)Cn1nc(-c2cc(Cl)cc(C#N)c2)c2occc2c1=O)c1ccc2c(c1)OC(F)(F)O2. The van der Waals surface area contributed by atoms with Gasteiger partial charge in [-0.15, -0.1) is 8.78 Å². The summed E-state index contributed by atoms with van der Waals surface area (Å²) < 4.78 is 42.1. The average Bonchev–Trinajstić information content (AvgIpc) is 3.44. The number of furan rings is 1. The molecule has 0 fully saturated rings. The highest BCUT2D eigenvalue weighted by atomic mass is 35.5. The van der Waals surface area contributed by atoms with E-state index >= 15 is 0 Å². The van der Waals surface area contributed by atoms with Gasteiger partial charge in [0.25, 0.3) is 5.56 Å². The Morgan fingerprint density at radius 3 is 2.72 bits per heavy atom. The van der Waals surface area contributed by atoms with Crippen LogP contribution < -0.4 is 19.9 Å². The van der Waals surface area contributed by atoms with Crippen LogP contribution in [0.1, 0.15) is 12.5 Å². The van der Waals surface area contributed by atoms with E-state index in [1.807, 2.05) is 6.07 Å². The van der Waals surface area contributed by atoms with Gasteiger partial charge in [-0.05, 0) is 43.3 Å². The molecule has 2 aromatic carbocycles. The molecule has 0 unspecified atom stereocenters. The molecule has 0 radical (unpaired) electrons. The molecule has 36 heavy (non-hydrogen) atoms. The molecule has 0 bridgehead atoms. The van der Waals surface area contributed by atoms with Gasteiger partial charge in [-0.3, -0.25) is 9.59 Å². The lowest BCUT2D eigenvalue weighted by Gasteiger charge is -2.21. The number of ether oxygens (including phenoxy) is 2. The predicted molar refractivity (Wildman–Crippen MR) is 124 cm³/mol. The Hall–Kier alpha value is -4.43. The molecule has 9 nitrogen and oxygen atoms in total. The fourth-order valence-corrected chi connectivity index (χ4v) is 4.16. The molecule has 0 atom stereocenters. The van der Waals surface area contributed by atoms with E-state index in [0.29, 0.717) is 5.56 Å². The molecule has 0 saturated carbocycles. The molecule has 1 aliphatic rings. The molecule has 0 N–H and O–H groups in total. The highest BCUT2D eigenvalue weighted by Gasteiger charge is 2.43. The maximum Gasteiger partial charge on any atom is 0.586 e. The fraction of sp³-hybridized carbons (Fsp3) is 0.167. The monoisotopic (exact) mass is 512 g/mol. The van der Waals surface area contributed by atoms with E-state index in [2.05, 4.69) is 14.6 Å². The van der Waals surface area contributed by atoms with Gasteiger partial charge in [0.2, 0.25) is 5.91 Å². The van der Waals surface area contributed by atoms with E-state index in [4.69, 9.17) is 16.0 Å². The summed E-state index contributed by atoms with van der Waals surface area (Å²) in [5, 5.41) is 14.1. The minimum absolute atomic E-state index is 0.154. The number of fused-ring (bicyclic) bond motifs is 2. The second-order valence-corrected chi connectivity index (χ2v) is 8.19. The number of alkyl halides is 2. The maximum absolute atomic E-state index is 13.4. The van der Waals surface area contributed by atoms with Gasteiger partial charge in [0.05, 0.1) is 23.3 Å². The van der Waals surface area contributed by atoms with E-state index in [9.17, 15) is 23.6 Å². The Bertz CT molecular complexity index is 1630. The molecular formula is C24H15ClF2N4O5. The molecule has 182 valence electrons. The second-order valence-electron chi connectivity index (χ2n) is 7.75. The standard InChI is InChI=1S/C24H15ClF2N4O5/c1-2-30(16-3-4-18-19(10-16)36-24(26,27)35-18)20(32)12-31-23(33)17-5-6-34-22(17)21(29-31)14-7-13(11-28)8-15(25)9-14/h3-10H,2,12H2,1H3. The summed E-state index contributed by atoms with van der Waals surface area (Å²) in [4.78, 5) is 27.6. The van der Waals surface area contributed by atoms with Crippen molar-refractivity contribution in [3.8, 4) is 28.8 Å². The Kier molecular flexibility index (Phi) is 5.61. The number of carbonyl (C=O) groups excluding carboxylic acids is 1. The summed E-state index contributed by atoms with van der Waals surface area (Å²) in [6.07, 6.45) is -2.47. The number of carbonyl (C=O) groups is 1. The zero-order chi connectivity index (χ0) is 25.6. The molecule has 2 aromatic heterocycles. The van der Waals surface area contributed by atoms with Crippen LogP contribution in [0.5, 0.6) is 11.5 Å². The minimum Gasteiger partial charge on any atom is -0.462 e. The molecule has 12 heteroatoms. The number of halogens is 3. The third-order valence-electron chi connectivity index (χ3n) is 5.47. The Labute approximate surface area is 206 Å². The lowest BCUT2D eigenvalue weighted by molar-refractivity contribution is -0.286. The van der Waals surface area contributed by atoms with Crippen LogP contribution in [0.3, 0.4) is 0 Å². The van der Waals surface area contributed by atoms with Crippen LogP contribution >= 0.6 is 11.6 Å². The van der Waals surface area contributed by atoms with Crippen molar-refractivity contribution in [3.05, 3.63) is 69.7 Å². The Morgan fingerprint density at radius 1 is 1.19 bits per heavy atom. The van der Waals surface area contributed by atoms with Crippen LogP contribution in [-0.2, 0) is 11.3 Å². The van der Waals surface area contributed by atoms with Crippen LogP contribution in [0.2, 0.25) is 5.02 Å². The van der Waals surface area contributed by atoms with E-state index < -0.39 is 24.3 Å². The third kappa shape index (κ3) is 4.12. The Balaban J connectivity index is 1.52. The molecule has 0 aliphatic carbocycles. The largest absolute Gasteiger partial charge is 0.586 e. The van der Waals surface area contributed by atoms with Gasteiger partial charge >= 0.3 is 6.29 Å². The van der Waals surface area contributed by atoms with Crippen molar-refractivity contribution < 1.29 is 27.5 Å². The van der Waals surface area contributed by atoms with E-state index in [-0.39, 0.29) is 51.0 Å². The van der Waals surface area contributed by atoms with Crippen molar-refractivity contribution in [2.75, 3.05) is 11.4 Å². The zero-order valence-corrected chi connectivity index (χ0v) is 19.3. The fourth-order valence-electron chi connectivity index (χ4n) is 3.92. The van der Waals surface area contributed by atoms with Gasteiger partial charge < -0.3 is 18.8 Å². The van der Waals surface area contributed by atoms with E-state index in [0.717, 1.165) is 4.68 Å². The van der Waals surface area contributed by atoms with Crippen LogP contribution in [0.25, 0.3) is 22.2 Å². The third-order valence-corrected chi connectivity index (χ3v) is 5.68.